The molecular formula is C11H9Br. The second-order valence-electron chi connectivity index (χ2n) is 2.87. The lowest BCUT2D eigenvalue weighted by molar-refractivity contribution is 1.22. The first-order valence-corrected chi connectivity index (χ1v) is 4.76. The molecule has 0 nitrogen and oxygen atoms in total. The second kappa shape index (κ2) is 3.28. The maximum absolute atomic E-state index is 3.54. The number of hydrogen-bond donors (Lipinski definition) is 0. The van der Waals surface area contributed by atoms with Gasteiger partial charge in [-0.3, -0.25) is 0 Å². The molecule has 0 aromatic carbocycles. The average Bonchev–Trinajstić information content (AvgIpc) is 2.38. The van der Waals surface area contributed by atoms with Gasteiger partial charge < -0.3 is 0 Å². The van der Waals surface area contributed by atoms with Gasteiger partial charge in [0.05, 0.1) is 0 Å². The Balaban J connectivity index is 2.49. The predicted molar refractivity (Wildman–Crippen MR) is 56.1 cm³/mol. The zero-order valence-corrected chi connectivity index (χ0v) is 8.21. The first-order chi connectivity index (χ1) is 5.86. The largest absolute Gasteiger partial charge is 0.0620 e. The summed E-state index contributed by atoms with van der Waals surface area (Å²) in [5.74, 6) is 0. The molecule has 0 fully saturated rings. The van der Waals surface area contributed by atoms with Gasteiger partial charge in [-0.15, -0.1) is 0 Å². The SMILES string of the molecule is BrC1=CC=CC2=CC=CC=C1C2. The summed E-state index contributed by atoms with van der Waals surface area (Å²) in [5, 5.41) is 0. The summed E-state index contributed by atoms with van der Waals surface area (Å²) in [4.78, 5) is 0. The fourth-order valence-electron chi connectivity index (χ4n) is 1.33. The van der Waals surface area contributed by atoms with E-state index in [1.807, 2.05) is 0 Å². The Hall–Kier alpha value is -0.820. The molecule has 0 heterocycles. The molecule has 2 aliphatic rings. The highest BCUT2D eigenvalue weighted by Crippen LogP contribution is 2.28. The topological polar surface area (TPSA) is 0 Å². The third-order valence-corrected chi connectivity index (χ3v) is 2.75. The molecule has 0 saturated carbocycles. The average molecular weight is 221 g/mol. The zero-order valence-electron chi connectivity index (χ0n) is 6.63. The molecule has 0 N–H and O–H groups in total. The third-order valence-electron chi connectivity index (χ3n) is 1.97. The van der Waals surface area contributed by atoms with Gasteiger partial charge in [0.25, 0.3) is 0 Å². The van der Waals surface area contributed by atoms with Gasteiger partial charge in [0.15, 0.2) is 0 Å². The van der Waals surface area contributed by atoms with Crippen LogP contribution in [0.3, 0.4) is 0 Å². The van der Waals surface area contributed by atoms with Crippen LogP contribution < -0.4 is 0 Å². The molecule has 0 atom stereocenters. The van der Waals surface area contributed by atoms with Crippen LogP contribution in [-0.2, 0) is 0 Å². The molecule has 2 aliphatic carbocycles. The maximum Gasteiger partial charge on any atom is 0.0210 e. The van der Waals surface area contributed by atoms with Crippen LogP contribution in [-0.4, -0.2) is 0 Å². The van der Waals surface area contributed by atoms with E-state index < -0.39 is 0 Å². The van der Waals surface area contributed by atoms with Gasteiger partial charge in [-0.25, -0.2) is 0 Å². The van der Waals surface area contributed by atoms with Gasteiger partial charge in [-0.05, 0) is 23.6 Å². The smallest absolute Gasteiger partial charge is 0.0210 e. The lowest BCUT2D eigenvalue weighted by Gasteiger charge is -2.01. The lowest BCUT2D eigenvalue weighted by Crippen LogP contribution is -1.82. The normalized spacial score (nSPS) is 20.6. The molecule has 60 valence electrons. The Kier molecular flexibility index (Phi) is 2.13. The van der Waals surface area contributed by atoms with E-state index in [0.29, 0.717) is 0 Å². The number of allylic oxidation sites excluding steroid dienone is 10. The van der Waals surface area contributed by atoms with Crippen LogP contribution in [0.25, 0.3) is 0 Å². The molecule has 0 radical (unpaired) electrons. The number of fused-ring (bicyclic) bond motifs is 2. The van der Waals surface area contributed by atoms with Crippen molar-refractivity contribution in [1.82, 2.24) is 0 Å². The van der Waals surface area contributed by atoms with Crippen molar-refractivity contribution in [3.8, 4) is 0 Å². The minimum atomic E-state index is 1.03. The second-order valence-corrected chi connectivity index (χ2v) is 3.72. The Morgan fingerprint density at radius 3 is 2.75 bits per heavy atom. The van der Waals surface area contributed by atoms with Crippen molar-refractivity contribution in [3.63, 3.8) is 0 Å². The van der Waals surface area contributed by atoms with Crippen molar-refractivity contribution >= 4 is 15.9 Å². The third kappa shape index (κ3) is 1.51. The van der Waals surface area contributed by atoms with Gasteiger partial charge in [0, 0.05) is 4.48 Å². The monoisotopic (exact) mass is 220 g/mol. The Bertz CT molecular complexity index is 338. The molecule has 2 rings (SSSR count). The van der Waals surface area contributed by atoms with Gasteiger partial charge in [-0.1, -0.05) is 52.4 Å². The van der Waals surface area contributed by atoms with Crippen LogP contribution in [0.5, 0.6) is 0 Å². The summed E-state index contributed by atoms with van der Waals surface area (Å²) in [7, 11) is 0. The van der Waals surface area contributed by atoms with Crippen LogP contribution in [0.15, 0.2) is 58.2 Å². The highest BCUT2D eigenvalue weighted by molar-refractivity contribution is 9.12. The van der Waals surface area contributed by atoms with Crippen LogP contribution in [0, 0.1) is 0 Å². The van der Waals surface area contributed by atoms with E-state index in [2.05, 4.69) is 58.5 Å². The summed E-state index contributed by atoms with van der Waals surface area (Å²) in [5.41, 5.74) is 2.71. The van der Waals surface area contributed by atoms with Crippen molar-refractivity contribution in [3.05, 3.63) is 58.2 Å². The number of hydrogen-bond acceptors (Lipinski definition) is 0. The van der Waals surface area contributed by atoms with Crippen LogP contribution in [0.4, 0.5) is 0 Å². The Morgan fingerprint density at radius 2 is 1.83 bits per heavy atom. The molecule has 0 amide bonds. The quantitative estimate of drug-likeness (QED) is 0.585. The zero-order chi connectivity index (χ0) is 8.39. The van der Waals surface area contributed by atoms with E-state index in [9.17, 15) is 0 Å². The summed E-state index contributed by atoms with van der Waals surface area (Å²) >= 11 is 3.54. The van der Waals surface area contributed by atoms with Gasteiger partial charge >= 0.3 is 0 Å². The molecule has 2 bridgehead atoms. The van der Waals surface area contributed by atoms with Crippen molar-refractivity contribution in [1.29, 1.82) is 0 Å². The molecule has 0 aliphatic heterocycles. The number of halogens is 1. The van der Waals surface area contributed by atoms with E-state index in [-0.39, 0.29) is 0 Å². The Morgan fingerprint density at radius 1 is 1.00 bits per heavy atom. The van der Waals surface area contributed by atoms with Crippen molar-refractivity contribution in [2.75, 3.05) is 0 Å². The lowest BCUT2D eigenvalue weighted by atomic mass is 10.1. The molecule has 0 aromatic heterocycles. The molecule has 12 heavy (non-hydrogen) atoms. The summed E-state index contributed by atoms with van der Waals surface area (Å²) in [6.45, 7) is 0. The summed E-state index contributed by atoms with van der Waals surface area (Å²) < 4.78 is 1.19. The maximum atomic E-state index is 3.54. The van der Waals surface area contributed by atoms with E-state index >= 15 is 0 Å². The van der Waals surface area contributed by atoms with Gasteiger partial charge in [0.1, 0.15) is 0 Å². The van der Waals surface area contributed by atoms with E-state index in [0.717, 1.165) is 6.42 Å². The Labute approximate surface area is 80.8 Å². The van der Waals surface area contributed by atoms with Crippen molar-refractivity contribution < 1.29 is 0 Å². The van der Waals surface area contributed by atoms with Crippen LogP contribution >= 0.6 is 15.9 Å². The minimum Gasteiger partial charge on any atom is -0.0620 e. The summed E-state index contributed by atoms with van der Waals surface area (Å²) in [6.07, 6.45) is 15.8. The molecule has 0 unspecified atom stereocenters. The van der Waals surface area contributed by atoms with Crippen LogP contribution in [0.2, 0.25) is 0 Å². The minimum absolute atomic E-state index is 1.03. The highest BCUT2D eigenvalue weighted by Gasteiger charge is 2.06. The molecule has 0 aromatic rings. The highest BCUT2D eigenvalue weighted by atomic mass is 79.9. The molecule has 0 spiro atoms. The van der Waals surface area contributed by atoms with E-state index in [1.54, 1.807) is 0 Å². The first kappa shape index (κ1) is 7.81. The standard InChI is InChI=1S/C11H9Br/c12-11-7-3-5-9-4-1-2-6-10(11)8-9/h1-7H,8H2. The van der Waals surface area contributed by atoms with Crippen molar-refractivity contribution in [2.24, 2.45) is 0 Å². The van der Waals surface area contributed by atoms with Gasteiger partial charge in [-0.2, -0.15) is 0 Å². The molecule has 1 heteroatoms. The fraction of sp³-hybridized carbons (Fsp3) is 0.0909. The fourth-order valence-corrected chi connectivity index (χ4v) is 1.76. The number of rotatable bonds is 0. The molecule has 0 saturated heterocycles. The predicted octanol–water partition coefficient (Wildman–Crippen LogP) is 3.65. The van der Waals surface area contributed by atoms with E-state index in [4.69, 9.17) is 0 Å². The molecular weight excluding hydrogens is 212 g/mol. The van der Waals surface area contributed by atoms with E-state index in [1.165, 1.54) is 15.6 Å². The first-order valence-electron chi connectivity index (χ1n) is 3.97. The van der Waals surface area contributed by atoms with Crippen LogP contribution in [0.1, 0.15) is 6.42 Å². The van der Waals surface area contributed by atoms with Crippen molar-refractivity contribution in [2.45, 2.75) is 6.42 Å². The summed E-state index contributed by atoms with van der Waals surface area (Å²) in [6, 6.07) is 0. The van der Waals surface area contributed by atoms with Gasteiger partial charge in [0.2, 0.25) is 0 Å².